The Morgan fingerprint density at radius 2 is 1.70 bits per heavy atom. The summed E-state index contributed by atoms with van der Waals surface area (Å²) in [7, 11) is 0. The van der Waals surface area contributed by atoms with Gasteiger partial charge in [0.05, 0.1) is 35.1 Å². The number of hydrogen-bond acceptors (Lipinski definition) is 3. The van der Waals surface area contributed by atoms with Gasteiger partial charge in [0.2, 0.25) is 0 Å². The lowest BCUT2D eigenvalue weighted by Crippen LogP contribution is -2.22. The van der Waals surface area contributed by atoms with Crippen LogP contribution in [0.4, 0.5) is 0 Å². The van der Waals surface area contributed by atoms with Crippen LogP contribution in [0.5, 0.6) is 0 Å². The number of nitrogens with zero attached hydrogens (tertiary/aromatic N) is 3. The first-order valence-corrected chi connectivity index (χ1v) is 11.9. The molecule has 0 aliphatic heterocycles. The molecule has 1 saturated carbocycles. The second-order valence-electron chi connectivity index (χ2n) is 8.73. The summed E-state index contributed by atoms with van der Waals surface area (Å²) in [6, 6.07) is 26.0. The maximum absolute atomic E-state index is 9.10. The standard InChI is InChI=1S/C28H26ClN3O/c29-23-14-16-24(17-15-23)32-27(25-8-4-5-9-26(25)31-32)28(22-6-2-1-3-7-22)33-19-21-12-10-20(18-30)11-13-21/h4-5,8-17,22,28H,1-3,6-7,19H2. The first kappa shape index (κ1) is 21.7. The predicted molar refractivity (Wildman–Crippen MR) is 131 cm³/mol. The molecule has 1 aliphatic rings. The van der Waals surface area contributed by atoms with Crippen LogP contribution >= 0.6 is 11.6 Å². The van der Waals surface area contributed by atoms with E-state index in [2.05, 4.69) is 24.3 Å². The summed E-state index contributed by atoms with van der Waals surface area (Å²) in [5, 5.41) is 15.9. The molecular formula is C28H26ClN3O. The number of aromatic nitrogens is 2. The highest BCUT2D eigenvalue weighted by atomic mass is 35.5. The summed E-state index contributed by atoms with van der Waals surface area (Å²) < 4.78 is 8.75. The third-order valence-electron chi connectivity index (χ3n) is 6.55. The zero-order chi connectivity index (χ0) is 22.6. The van der Waals surface area contributed by atoms with E-state index in [1.807, 2.05) is 59.3 Å². The van der Waals surface area contributed by atoms with E-state index in [9.17, 15) is 0 Å². The van der Waals surface area contributed by atoms with Crippen molar-refractivity contribution in [3.05, 3.63) is 94.6 Å². The monoisotopic (exact) mass is 455 g/mol. The molecule has 0 N–H and O–H groups in total. The topological polar surface area (TPSA) is 50.8 Å². The molecule has 166 valence electrons. The van der Waals surface area contributed by atoms with E-state index in [-0.39, 0.29) is 6.10 Å². The summed E-state index contributed by atoms with van der Waals surface area (Å²) in [5.41, 5.74) is 4.78. The average molecular weight is 456 g/mol. The minimum atomic E-state index is -0.0796. The van der Waals surface area contributed by atoms with Crippen molar-refractivity contribution in [3.63, 3.8) is 0 Å². The molecule has 5 heteroatoms. The number of benzene rings is 3. The van der Waals surface area contributed by atoms with Crippen LogP contribution in [-0.4, -0.2) is 9.78 Å². The SMILES string of the molecule is N#Cc1ccc(COC(c2c3ccccc3nn2-c2ccc(Cl)cc2)C2CCCCC2)cc1. The Bertz CT molecular complexity index is 1270. The van der Waals surface area contributed by atoms with E-state index in [4.69, 9.17) is 26.7 Å². The lowest BCUT2D eigenvalue weighted by atomic mass is 9.83. The largest absolute Gasteiger partial charge is 0.367 e. The van der Waals surface area contributed by atoms with Crippen molar-refractivity contribution in [3.8, 4) is 11.8 Å². The van der Waals surface area contributed by atoms with Gasteiger partial charge in [0.15, 0.2) is 0 Å². The molecule has 0 saturated heterocycles. The third-order valence-corrected chi connectivity index (χ3v) is 6.80. The quantitative estimate of drug-likeness (QED) is 0.304. The van der Waals surface area contributed by atoms with Gasteiger partial charge >= 0.3 is 0 Å². The van der Waals surface area contributed by atoms with Crippen LogP contribution in [0, 0.1) is 17.2 Å². The van der Waals surface area contributed by atoms with Crippen LogP contribution < -0.4 is 0 Å². The number of halogens is 1. The molecule has 1 fully saturated rings. The number of ether oxygens (including phenoxy) is 1. The van der Waals surface area contributed by atoms with Crippen LogP contribution in [-0.2, 0) is 11.3 Å². The Balaban J connectivity index is 1.57. The van der Waals surface area contributed by atoms with Crippen LogP contribution in [0.2, 0.25) is 5.02 Å². The lowest BCUT2D eigenvalue weighted by Gasteiger charge is -2.31. The zero-order valence-corrected chi connectivity index (χ0v) is 19.2. The van der Waals surface area contributed by atoms with Gasteiger partial charge in [0, 0.05) is 10.4 Å². The van der Waals surface area contributed by atoms with E-state index in [0.717, 1.165) is 40.7 Å². The van der Waals surface area contributed by atoms with E-state index < -0.39 is 0 Å². The Labute approximate surface area is 199 Å². The Hall–Kier alpha value is -3.13. The van der Waals surface area contributed by atoms with E-state index in [1.165, 1.54) is 19.3 Å². The highest BCUT2D eigenvalue weighted by molar-refractivity contribution is 6.30. The van der Waals surface area contributed by atoms with Gasteiger partial charge in [-0.05, 0) is 66.8 Å². The van der Waals surface area contributed by atoms with E-state index in [0.29, 0.717) is 23.1 Å². The average Bonchev–Trinajstić information content (AvgIpc) is 3.25. The highest BCUT2D eigenvalue weighted by Gasteiger charge is 2.31. The second kappa shape index (κ2) is 9.79. The van der Waals surface area contributed by atoms with E-state index >= 15 is 0 Å². The van der Waals surface area contributed by atoms with Crippen molar-refractivity contribution in [2.45, 2.75) is 44.8 Å². The number of fused-ring (bicyclic) bond motifs is 1. The molecular weight excluding hydrogens is 430 g/mol. The van der Waals surface area contributed by atoms with Gasteiger partial charge in [-0.25, -0.2) is 4.68 Å². The van der Waals surface area contributed by atoms with Crippen LogP contribution in [0.15, 0.2) is 72.8 Å². The van der Waals surface area contributed by atoms with E-state index in [1.54, 1.807) is 0 Å². The number of hydrogen-bond donors (Lipinski definition) is 0. The molecule has 33 heavy (non-hydrogen) atoms. The van der Waals surface area contributed by atoms with Crippen molar-refractivity contribution in [1.82, 2.24) is 9.78 Å². The summed E-state index contributed by atoms with van der Waals surface area (Å²) in [6.07, 6.45) is 5.97. The van der Waals surface area contributed by atoms with Crippen LogP contribution in [0.1, 0.15) is 55.0 Å². The molecule has 0 radical (unpaired) electrons. The normalized spacial score (nSPS) is 15.4. The van der Waals surface area contributed by atoms with Crippen molar-refractivity contribution in [2.24, 2.45) is 5.92 Å². The Kier molecular flexibility index (Phi) is 6.44. The maximum Gasteiger partial charge on any atom is 0.103 e. The zero-order valence-electron chi connectivity index (χ0n) is 18.5. The summed E-state index contributed by atoms with van der Waals surface area (Å²) in [4.78, 5) is 0. The third kappa shape index (κ3) is 4.66. The van der Waals surface area contributed by atoms with Gasteiger partial charge < -0.3 is 4.74 Å². The molecule has 5 rings (SSSR count). The Morgan fingerprint density at radius 3 is 2.42 bits per heavy atom. The predicted octanol–water partition coefficient (Wildman–Crippen LogP) is 7.39. The van der Waals surface area contributed by atoms with Gasteiger partial charge in [-0.3, -0.25) is 0 Å². The molecule has 3 aromatic carbocycles. The summed E-state index contributed by atoms with van der Waals surface area (Å²) >= 11 is 6.17. The smallest absolute Gasteiger partial charge is 0.103 e. The fourth-order valence-corrected chi connectivity index (χ4v) is 4.97. The van der Waals surface area contributed by atoms with Crippen molar-refractivity contribution < 1.29 is 4.74 Å². The van der Waals surface area contributed by atoms with Gasteiger partial charge in [-0.15, -0.1) is 0 Å². The Morgan fingerprint density at radius 1 is 0.970 bits per heavy atom. The molecule has 4 aromatic rings. The molecule has 1 unspecified atom stereocenters. The second-order valence-corrected chi connectivity index (χ2v) is 9.17. The van der Waals surface area contributed by atoms with Gasteiger partial charge in [0.1, 0.15) is 6.10 Å². The molecule has 0 bridgehead atoms. The fourth-order valence-electron chi connectivity index (χ4n) is 4.84. The summed E-state index contributed by atoms with van der Waals surface area (Å²) in [5.74, 6) is 0.434. The molecule has 1 aliphatic carbocycles. The van der Waals surface area contributed by atoms with Crippen molar-refractivity contribution >= 4 is 22.5 Å². The van der Waals surface area contributed by atoms with Crippen LogP contribution in [0.25, 0.3) is 16.6 Å². The fraction of sp³-hybridized carbons (Fsp3) is 0.286. The number of rotatable bonds is 6. The highest BCUT2D eigenvalue weighted by Crippen LogP contribution is 2.41. The van der Waals surface area contributed by atoms with Crippen LogP contribution in [0.3, 0.4) is 0 Å². The maximum atomic E-state index is 9.10. The number of nitriles is 1. The molecule has 1 atom stereocenters. The lowest BCUT2D eigenvalue weighted by molar-refractivity contribution is -0.0155. The van der Waals surface area contributed by atoms with Crippen molar-refractivity contribution in [1.29, 1.82) is 5.26 Å². The minimum Gasteiger partial charge on any atom is -0.367 e. The molecule has 1 aromatic heterocycles. The molecule has 4 nitrogen and oxygen atoms in total. The molecule has 0 spiro atoms. The summed E-state index contributed by atoms with van der Waals surface area (Å²) in [6.45, 7) is 0.493. The first-order chi connectivity index (χ1) is 16.2. The molecule has 0 amide bonds. The molecule has 1 heterocycles. The van der Waals surface area contributed by atoms with Gasteiger partial charge in [-0.2, -0.15) is 10.4 Å². The first-order valence-electron chi connectivity index (χ1n) is 11.6. The van der Waals surface area contributed by atoms with Crippen molar-refractivity contribution in [2.75, 3.05) is 0 Å². The van der Waals surface area contributed by atoms with Gasteiger partial charge in [-0.1, -0.05) is 61.2 Å². The minimum absolute atomic E-state index is 0.0796. The van der Waals surface area contributed by atoms with Gasteiger partial charge in [0.25, 0.3) is 0 Å².